The number of likely N-dealkylation sites (tertiary alicyclic amines) is 1. The summed E-state index contributed by atoms with van der Waals surface area (Å²) in [4.78, 5) is 9.78. The quantitative estimate of drug-likeness (QED) is 0.676. The zero-order valence-electron chi connectivity index (χ0n) is 13.0. The van der Waals surface area contributed by atoms with E-state index in [1.54, 1.807) is 0 Å². The van der Waals surface area contributed by atoms with Crippen LogP contribution in [0.3, 0.4) is 0 Å². The largest absolute Gasteiger partial charge is 0.370 e. The molecule has 1 aliphatic heterocycles. The van der Waals surface area contributed by atoms with Crippen LogP contribution in [0.4, 0.5) is 4.39 Å². The smallest absolute Gasteiger partial charge is 0.191 e. The maximum absolute atomic E-state index is 13.2. The van der Waals surface area contributed by atoms with E-state index in [1.165, 1.54) is 25.0 Å². The van der Waals surface area contributed by atoms with Crippen molar-refractivity contribution < 1.29 is 4.39 Å². The maximum atomic E-state index is 13.2. The molecule has 0 spiro atoms. The van der Waals surface area contributed by atoms with Crippen molar-refractivity contribution in [2.45, 2.75) is 26.2 Å². The van der Waals surface area contributed by atoms with Crippen molar-refractivity contribution in [1.82, 2.24) is 9.88 Å². The second kappa shape index (κ2) is 6.38. The van der Waals surface area contributed by atoms with E-state index in [0.29, 0.717) is 12.5 Å². The molecule has 3 rings (SSSR count). The van der Waals surface area contributed by atoms with Gasteiger partial charge in [0.15, 0.2) is 5.96 Å². The van der Waals surface area contributed by atoms with Crippen molar-refractivity contribution in [2.75, 3.05) is 19.6 Å². The third kappa shape index (κ3) is 3.24. The van der Waals surface area contributed by atoms with E-state index in [1.807, 2.05) is 12.3 Å². The SMILES string of the molecule is CC1CCN(C(N)=NCCc2c[nH]c3cc(F)ccc23)CC1. The number of nitrogens with one attached hydrogen (secondary N) is 1. The number of aromatic amines is 1. The molecule has 0 atom stereocenters. The van der Waals surface area contributed by atoms with Gasteiger partial charge >= 0.3 is 0 Å². The average molecular weight is 302 g/mol. The fourth-order valence-electron chi connectivity index (χ4n) is 2.99. The summed E-state index contributed by atoms with van der Waals surface area (Å²) in [5.74, 6) is 1.22. The predicted molar refractivity (Wildman–Crippen MR) is 88.4 cm³/mol. The molecule has 2 heterocycles. The first-order chi connectivity index (χ1) is 10.6. The van der Waals surface area contributed by atoms with Crippen LogP contribution in [-0.2, 0) is 6.42 Å². The minimum Gasteiger partial charge on any atom is -0.370 e. The van der Waals surface area contributed by atoms with E-state index in [4.69, 9.17) is 5.73 Å². The van der Waals surface area contributed by atoms with Gasteiger partial charge in [-0.25, -0.2) is 4.39 Å². The van der Waals surface area contributed by atoms with E-state index in [-0.39, 0.29) is 5.82 Å². The molecule has 5 heteroatoms. The first-order valence-electron chi connectivity index (χ1n) is 7.94. The van der Waals surface area contributed by atoms with Crippen LogP contribution in [0.2, 0.25) is 0 Å². The molecule has 0 aliphatic carbocycles. The average Bonchev–Trinajstić information content (AvgIpc) is 2.90. The number of nitrogens with zero attached hydrogens (tertiary/aromatic N) is 2. The molecule has 4 nitrogen and oxygen atoms in total. The van der Waals surface area contributed by atoms with Crippen LogP contribution in [0, 0.1) is 11.7 Å². The first-order valence-corrected chi connectivity index (χ1v) is 7.94. The van der Waals surface area contributed by atoms with Crippen LogP contribution in [0.5, 0.6) is 0 Å². The lowest BCUT2D eigenvalue weighted by Gasteiger charge is -2.31. The van der Waals surface area contributed by atoms with E-state index < -0.39 is 0 Å². The molecule has 3 N–H and O–H groups in total. The number of aromatic nitrogens is 1. The van der Waals surface area contributed by atoms with Gasteiger partial charge in [0.05, 0.1) is 0 Å². The Morgan fingerprint density at radius 2 is 2.18 bits per heavy atom. The van der Waals surface area contributed by atoms with Gasteiger partial charge in [0.25, 0.3) is 0 Å². The van der Waals surface area contributed by atoms with Gasteiger partial charge in [-0.1, -0.05) is 6.92 Å². The van der Waals surface area contributed by atoms with Crippen molar-refractivity contribution in [2.24, 2.45) is 16.6 Å². The predicted octanol–water partition coefficient (Wildman–Crippen LogP) is 2.90. The topological polar surface area (TPSA) is 57.4 Å². The second-order valence-corrected chi connectivity index (χ2v) is 6.16. The Labute approximate surface area is 130 Å². The molecule has 0 radical (unpaired) electrons. The van der Waals surface area contributed by atoms with Gasteiger partial charge < -0.3 is 15.6 Å². The number of guanidine groups is 1. The van der Waals surface area contributed by atoms with Crippen LogP contribution in [0.1, 0.15) is 25.3 Å². The van der Waals surface area contributed by atoms with Crippen LogP contribution in [0.25, 0.3) is 10.9 Å². The normalized spacial score (nSPS) is 17.4. The number of piperidine rings is 1. The van der Waals surface area contributed by atoms with Gasteiger partial charge in [-0.05, 0) is 48.9 Å². The van der Waals surface area contributed by atoms with Crippen molar-refractivity contribution in [3.8, 4) is 0 Å². The maximum Gasteiger partial charge on any atom is 0.191 e. The molecular weight excluding hydrogens is 279 g/mol. The molecule has 0 unspecified atom stereocenters. The molecule has 1 saturated heterocycles. The number of hydrogen-bond acceptors (Lipinski definition) is 1. The summed E-state index contributed by atoms with van der Waals surface area (Å²) in [5, 5.41) is 1.06. The van der Waals surface area contributed by atoms with Gasteiger partial charge in [0, 0.05) is 36.7 Å². The standard InChI is InChI=1S/C17H23FN4/c1-12-5-8-22(9-6-12)17(19)20-7-4-13-11-21-16-10-14(18)2-3-15(13)16/h2-3,10-12,21H,4-9H2,1H3,(H2,19,20). The minimum absolute atomic E-state index is 0.220. The highest BCUT2D eigenvalue weighted by molar-refractivity contribution is 5.83. The third-order valence-corrected chi connectivity index (χ3v) is 4.49. The van der Waals surface area contributed by atoms with Crippen LogP contribution < -0.4 is 5.73 Å². The Balaban J connectivity index is 1.60. The third-order valence-electron chi connectivity index (χ3n) is 4.49. The molecule has 1 aromatic heterocycles. The van der Waals surface area contributed by atoms with Gasteiger partial charge in [-0.15, -0.1) is 0 Å². The fraction of sp³-hybridized carbons (Fsp3) is 0.471. The van der Waals surface area contributed by atoms with E-state index in [2.05, 4.69) is 21.8 Å². The molecule has 1 aliphatic rings. The van der Waals surface area contributed by atoms with Gasteiger partial charge in [0.1, 0.15) is 5.82 Å². The number of halogens is 1. The zero-order valence-corrected chi connectivity index (χ0v) is 13.0. The lowest BCUT2D eigenvalue weighted by Crippen LogP contribution is -2.42. The van der Waals surface area contributed by atoms with Crippen molar-refractivity contribution in [1.29, 1.82) is 0 Å². The Bertz CT molecular complexity index is 668. The van der Waals surface area contributed by atoms with Crippen LogP contribution >= 0.6 is 0 Å². The number of aliphatic imine (C=N–C) groups is 1. The summed E-state index contributed by atoms with van der Waals surface area (Å²) in [6.07, 6.45) is 5.10. The second-order valence-electron chi connectivity index (χ2n) is 6.16. The summed E-state index contributed by atoms with van der Waals surface area (Å²) >= 11 is 0. The Hall–Kier alpha value is -2.04. The monoisotopic (exact) mass is 302 g/mol. The Kier molecular flexibility index (Phi) is 4.32. The molecule has 118 valence electrons. The number of nitrogens with two attached hydrogens (primary N) is 1. The van der Waals surface area contributed by atoms with Crippen LogP contribution in [0.15, 0.2) is 29.4 Å². The lowest BCUT2D eigenvalue weighted by atomic mass is 10.00. The summed E-state index contributed by atoms with van der Waals surface area (Å²) < 4.78 is 13.2. The molecule has 22 heavy (non-hydrogen) atoms. The lowest BCUT2D eigenvalue weighted by molar-refractivity contribution is 0.277. The van der Waals surface area contributed by atoms with Gasteiger partial charge in [-0.3, -0.25) is 4.99 Å². The van der Waals surface area contributed by atoms with Crippen molar-refractivity contribution in [3.05, 3.63) is 35.8 Å². The summed E-state index contributed by atoms with van der Waals surface area (Å²) in [6.45, 7) is 4.94. The summed E-state index contributed by atoms with van der Waals surface area (Å²) in [7, 11) is 0. The zero-order chi connectivity index (χ0) is 15.5. The number of fused-ring (bicyclic) bond motifs is 1. The van der Waals surface area contributed by atoms with Gasteiger partial charge in [0.2, 0.25) is 0 Å². The highest BCUT2D eigenvalue weighted by Gasteiger charge is 2.16. The van der Waals surface area contributed by atoms with E-state index >= 15 is 0 Å². The summed E-state index contributed by atoms with van der Waals surface area (Å²) in [6, 6.07) is 4.83. The fourth-order valence-corrected chi connectivity index (χ4v) is 2.99. The number of hydrogen-bond donors (Lipinski definition) is 2. The van der Waals surface area contributed by atoms with Gasteiger partial charge in [-0.2, -0.15) is 0 Å². The Morgan fingerprint density at radius 1 is 1.41 bits per heavy atom. The molecule has 1 fully saturated rings. The molecule has 0 amide bonds. The summed E-state index contributed by atoms with van der Waals surface area (Å²) in [5.41, 5.74) is 8.07. The molecule has 0 saturated carbocycles. The molecule has 1 aromatic carbocycles. The molecule has 0 bridgehead atoms. The highest BCUT2D eigenvalue weighted by atomic mass is 19.1. The van der Waals surface area contributed by atoms with Crippen molar-refractivity contribution in [3.63, 3.8) is 0 Å². The Morgan fingerprint density at radius 3 is 2.95 bits per heavy atom. The van der Waals surface area contributed by atoms with Crippen LogP contribution in [-0.4, -0.2) is 35.5 Å². The number of rotatable bonds is 3. The number of benzene rings is 1. The molecular formula is C17H23FN4. The van der Waals surface area contributed by atoms with E-state index in [0.717, 1.165) is 41.9 Å². The molecule has 2 aromatic rings. The van der Waals surface area contributed by atoms with Crippen molar-refractivity contribution >= 4 is 16.9 Å². The minimum atomic E-state index is -0.220. The van der Waals surface area contributed by atoms with E-state index in [9.17, 15) is 4.39 Å². The number of H-pyrrole nitrogens is 1. The highest BCUT2D eigenvalue weighted by Crippen LogP contribution is 2.20. The first kappa shape index (κ1) is 14.9.